The molecule has 1 aromatic carbocycles. The van der Waals surface area contributed by atoms with Gasteiger partial charge in [0.25, 0.3) is 0 Å². The van der Waals surface area contributed by atoms with Gasteiger partial charge in [0.05, 0.1) is 0 Å². The zero-order valence-electron chi connectivity index (χ0n) is 11.0. The molecule has 1 unspecified atom stereocenters. The van der Waals surface area contributed by atoms with Crippen LogP contribution >= 0.6 is 11.6 Å². The number of rotatable bonds is 5. The Balaban J connectivity index is 2.03. The molecule has 1 heterocycles. The second-order valence-electron chi connectivity index (χ2n) is 5.24. The van der Waals surface area contributed by atoms with Crippen LogP contribution < -0.4 is 5.73 Å². The molecule has 2 rings (SSSR count). The molecule has 0 bridgehead atoms. The first-order valence-electron chi connectivity index (χ1n) is 6.42. The quantitative estimate of drug-likeness (QED) is 0.869. The molecular weight excluding hydrogens is 264 g/mol. The van der Waals surface area contributed by atoms with E-state index in [1.54, 1.807) is 0 Å². The summed E-state index contributed by atoms with van der Waals surface area (Å²) in [6.45, 7) is 2.06. The van der Waals surface area contributed by atoms with Gasteiger partial charge in [0.1, 0.15) is 0 Å². The average Bonchev–Trinajstić information content (AvgIpc) is 2.32. The smallest absolute Gasteiger partial charge is 0.303 e. The maximum atomic E-state index is 10.5. The summed E-state index contributed by atoms with van der Waals surface area (Å²) in [6.07, 6.45) is 0.505. The van der Waals surface area contributed by atoms with E-state index in [0.717, 1.165) is 29.2 Å². The predicted octanol–water partition coefficient (Wildman–Crippen LogP) is 2.23. The average molecular weight is 283 g/mol. The number of nitrogens with zero attached hydrogens (tertiary/aromatic N) is 1. The summed E-state index contributed by atoms with van der Waals surface area (Å²) in [5.74, 6) is -0.322. The maximum Gasteiger partial charge on any atom is 0.303 e. The summed E-state index contributed by atoms with van der Waals surface area (Å²) in [4.78, 5) is 12.8. The van der Waals surface area contributed by atoms with E-state index in [1.165, 1.54) is 0 Å². The first-order valence-corrected chi connectivity index (χ1v) is 6.80. The number of likely N-dealkylation sites (tertiary alicyclic amines) is 1. The Hall–Kier alpha value is -1.10. The van der Waals surface area contributed by atoms with E-state index >= 15 is 0 Å². The minimum absolute atomic E-state index is 0.0773. The van der Waals surface area contributed by atoms with Crippen LogP contribution in [-0.2, 0) is 4.79 Å². The van der Waals surface area contributed by atoms with Crippen LogP contribution in [0.25, 0.3) is 0 Å². The Labute approximate surface area is 118 Å². The van der Waals surface area contributed by atoms with E-state index in [0.29, 0.717) is 12.3 Å². The highest BCUT2D eigenvalue weighted by atomic mass is 35.5. The lowest BCUT2D eigenvalue weighted by molar-refractivity contribution is -0.137. The maximum absolute atomic E-state index is 10.5. The fraction of sp³-hybridized carbons (Fsp3) is 0.500. The van der Waals surface area contributed by atoms with Gasteiger partial charge in [-0.05, 0) is 30.7 Å². The Kier molecular flexibility index (Phi) is 4.45. The zero-order chi connectivity index (χ0) is 14.0. The lowest BCUT2D eigenvalue weighted by Crippen LogP contribution is -2.41. The third-order valence-electron chi connectivity index (χ3n) is 3.63. The lowest BCUT2D eigenvalue weighted by atomic mass is 9.90. The van der Waals surface area contributed by atoms with E-state index in [2.05, 4.69) is 11.9 Å². The van der Waals surface area contributed by atoms with Gasteiger partial charge in [-0.2, -0.15) is 0 Å². The molecule has 0 spiro atoms. The molecule has 19 heavy (non-hydrogen) atoms. The van der Waals surface area contributed by atoms with Crippen LogP contribution in [0.15, 0.2) is 18.2 Å². The fourth-order valence-corrected chi connectivity index (χ4v) is 2.79. The summed E-state index contributed by atoms with van der Waals surface area (Å²) in [7, 11) is 2.08. The molecular formula is C14H19ClN2O2. The standard InChI is InChI=1S/C14H19ClN2O2/c1-17-7-10(8-17)11-3-2-9(6-12(11)15)13(16)4-5-14(18)19/h2-3,6,10,13H,4-5,7-8,16H2,1H3,(H,18,19). The molecule has 1 saturated heterocycles. The molecule has 1 aromatic rings. The molecule has 1 aliphatic rings. The van der Waals surface area contributed by atoms with E-state index in [-0.39, 0.29) is 12.5 Å². The minimum Gasteiger partial charge on any atom is -0.481 e. The van der Waals surface area contributed by atoms with E-state index < -0.39 is 5.97 Å². The normalized spacial score (nSPS) is 18.1. The molecule has 1 fully saturated rings. The first-order chi connectivity index (χ1) is 8.97. The van der Waals surface area contributed by atoms with Gasteiger partial charge in [0.2, 0.25) is 0 Å². The van der Waals surface area contributed by atoms with Crippen molar-refractivity contribution in [1.82, 2.24) is 4.90 Å². The monoisotopic (exact) mass is 282 g/mol. The SMILES string of the molecule is CN1CC(c2ccc(C(N)CCC(=O)O)cc2Cl)C1. The number of nitrogens with two attached hydrogens (primary N) is 1. The molecule has 5 heteroatoms. The van der Waals surface area contributed by atoms with Crippen LogP contribution in [0.1, 0.15) is 35.9 Å². The number of carboxylic acid groups (broad SMARTS) is 1. The summed E-state index contributed by atoms with van der Waals surface area (Å²) < 4.78 is 0. The highest BCUT2D eigenvalue weighted by Crippen LogP contribution is 2.33. The van der Waals surface area contributed by atoms with Crippen molar-refractivity contribution in [1.29, 1.82) is 0 Å². The molecule has 1 aliphatic heterocycles. The summed E-state index contributed by atoms with van der Waals surface area (Å²) in [5, 5.41) is 9.40. The number of carboxylic acids is 1. The Morgan fingerprint density at radius 1 is 1.58 bits per heavy atom. The molecule has 1 atom stereocenters. The molecule has 104 valence electrons. The Bertz CT molecular complexity index is 473. The van der Waals surface area contributed by atoms with Crippen LogP contribution in [0.5, 0.6) is 0 Å². The van der Waals surface area contributed by atoms with Gasteiger partial charge in [-0.15, -0.1) is 0 Å². The lowest BCUT2D eigenvalue weighted by Gasteiger charge is -2.37. The Morgan fingerprint density at radius 3 is 2.79 bits per heavy atom. The highest BCUT2D eigenvalue weighted by molar-refractivity contribution is 6.31. The van der Waals surface area contributed by atoms with Crippen molar-refractivity contribution >= 4 is 17.6 Å². The third kappa shape index (κ3) is 3.47. The van der Waals surface area contributed by atoms with Gasteiger partial charge in [0, 0.05) is 36.5 Å². The number of hydrogen-bond acceptors (Lipinski definition) is 3. The van der Waals surface area contributed by atoms with Gasteiger partial charge < -0.3 is 15.7 Å². The van der Waals surface area contributed by atoms with Crippen molar-refractivity contribution in [3.8, 4) is 0 Å². The third-order valence-corrected chi connectivity index (χ3v) is 3.95. The largest absolute Gasteiger partial charge is 0.481 e. The number of benzene rings is 1. The van der Waals surface area contributed by atoms with Crippen molar-refractivity contribution in [3.05, 3.63) is 34.3 Å². The Morgan fingerprint density at radius 2 is 2.26 bits per heavy atom. The predicted molar refractivity (Wildman–Crippen MR) is 75.5 cm³/mol. The van der Waals surface area contributed by atoms with Crippen LogP contribution in [-0.4, -0.2) is 36.1 Å². The molecule has 0 radical (unpaired) electrons. The fourth-order valence-electron chi connectivity index (χ4n) is 2.45. The molecule has 0 saturated carbocycles. The van der Waals surface area contributed by atoms with Gasteiger partial charge in [-0.1, -0.05) is 23.7 Å². The number of carbonyl (C=O) groups is 1. The van der Waals surface area contributed by atoms with Gasteiger partial charge >= 0.3 is 5.97 Å². The number of likely N-dealkylation sites (N-methyl/N-ethyl adjacent to an activating group) is 1. The molecule has 4 nitrogen and oxygen atoms in total. The van der Waals surface area contributed by atoms with Crippen molar-refractivity contribution in [3.63, 3.8) is 0 Å². The first kappa shape index (κ1) is 14.3. The van der Waals surface area contributed by atoms with Crippen LogP contribution in [0, 0.1) is 0 Å². The number of hydrogen-bond donors (Lipinski definition) is 2. The van der Waals surface area contributed by atoms with Crippen molar-refractivity contribution < 1.29 is 9.90 Å². The van der Waals surface area contributed by atoms with Crippen molar-refractivity contribution in [2.24, 2.45) is 5.73 Å². The van der Waals surface area contributed by atoms with Crippen molar-refractivity contribution in [2.45, 2.75) is 24.8 Å². The van der Waals surface area contributed by atoms with E-state index in [1.807, 2.05) is 18.2 Å². The van der Waals surface area contributed by atoms with E-state index in [4.69, 9.17) is 22.4 Å². The highest BCUT2D eigenvalue weighted by Gasteiger charge is 2.26. The summed E-state index contributed by atoms with van der Waals surface area (Å²) in [5.41, 5.74) is 8.04. The van der Waals surface area contributed by atoms with Crippen LogP contribution in [0.4, 0.5) is 0 Å². The second kappa shape index (κ2) is 5.90. The van der Waals surface area contributed by atoms with Gasteiger partial charge in [0.15, 0.2) is 0 Å². The number of aliphatic carboxylic acids is 1. The van der Waals surface area contributed by atoms with Crippen LogP contribution in [0.3, 0.4) is 0 Å². The topological polar surface area (TPSA) is 66.6 Å². The molecule has 0 aliphatic carbocycles. The van der Waals surface area contributed by atoms with E-state index in [9.17, 15) is 4.79 Å². The van der Waals surface area contributed by atoms with Crippen molar-refractivity contribution in [2.75, 3.05) is 20.1 Å². The summed E-state index contributed by atoms with van der Waals surface area (Å²) >= 11 is 6.30. The van der Waals surface area contributed by atoms with Crippen LogP contribution in [0.2, 0.25) is 5.02 Å². The number of halogens is 1. The van der Waals surface area contributed by atoms with Gasteiger partial charge in [-0.3, -0.25) is 4.79 Å². The zero-order valence-corrected chi connectivity index (χ0v) is 11.7. The molecule has 3 N–H and O–H groups in total. The molecule has 0 aromatic heterocycles. The summed E-state index contributed by atoms with van der Waals surface area (Å²) in [6, 6.07) is 5.59. The van der Waals surface area contributed by atoms with Gasteiger partial charge in [-0.25, -0.2) is 0 Å². The second-order valence-corrected chi connectivity index (χ2v) is 5.65. The minimum atomic E-state index is -0.823. The molecule has 0 amide bonds.